The molecule has 0 bridgehead atoms. The van der Waals surface area contributed by atoms with E-state index in [1.54, 1.807) is 19.9 Å². The van der Waals surface area contributed by atoms with Gasteiger partial charge in [0.25, 0.3) is 10.0 Å². The monoisotopic (exact) mass is 343 g/mol. The fourth-order valence-electron chi connectivity index (χ4n) is 1.74. The van der Waals surface area contributed by atoms with Gasteiger partial charge in [0.15, 0.2) is 0 Å². The Balaban J connectivity index is 2.49. The van der Waals surface area contributed by atoms with Crippen molar-refractivity contribution < 1.29 is 12.8 Å². The van der Waals surface area contributed by atoms with Crippen molar-refractivity contribution in [3.8, 4) is 11.1 Å². The Morgan fingerprint density at radius 1 is 1.26 bits per heavy atom. The van der Waals surface area contributed by atoms with Gasteiger partial charge in [-0.25, -0.2) is 13.1 Å². The van der Waals surface area contributed by atoms with Crippen LogP contribution in [-0.2, 0) is 10.0 Å². The maximum atomic E-state index is 12.2. The number of benzene rings is 1. The van der Waals surface area contributed by atoms with Crippen LogP contribution in [0.2, 0.25) is 0 Å². The van der Waals surface area contributed by atoms with Gasteiger partial charge in [0.05, 0.1) is 6.26 Å². The number of hydrogen-bond donors (Lipinski definition) is 1. The third kappa shape index (κ3) is 3.26. The molecule has 0 atom stereocenters. The summed E-state index contributed by atoms with van der Waals surface area (Å²) in [5.41, 5.74) is 1.33. The van der Waals surface area contributed by atoms with Gasteiger partial charge in [-0.15, -0.1) is 0 Å². The first kappa shape index (κ1) is 14.3. The summed E-state index contributed by atoms with van der Waals surface area (Å²) >= 11 is 3.37. The Hall–Kier alpha value is -1.11. The highest BCUT2D eigenvalue weighted by molar-refractivity contribution is 9.10. The number of rotatable bonds is 4. The van der Waals surface area contributed by atoms with Crippen molar-refractivity contribution in [2.75, 3.05) is 0 Å². The lowest BCUT2D eigenvalue weighted by molar-refractivity contribution is 0.445. The lowest BCUT2D eigenvalue weighted by Gasteiger charge is -2.09. The first-order valence-electron chi connectivity index (χ1n) is 5.76. The molecule has 0 unspecified atom stereocenters. The highest BCUT2D eigenvalue weighted by Gasteiger charge is 2.24. The summed E-state index contributed by atoms with van der Waals surface area (Å²) in [4.78, 5) is 0. The lowest BCUT2D eigenvalue weighted by atomic mass is 10.1. The molecule has 0 saturated heterocycles. The highest BCUT2D eigenvalue weighted by atomic mass is 79.9. The first-order valence-corrected chi connectivity index (χ1v) is 8.03. The zero-order valence-corrected chi connectivity index (χ0v) is 13.0. The van der Waals surface area contributed by atoms with E-state index in [4.69, 9.17) is 4.42 Å². The zero-order chi connectivity index (χ0) is 14.0. The zero-order valence-electron chi connectivity index (χ0n) is 10.6. The first-order chi connectivity index (χ1) is 8.90. The van der Waals surface area contributed by atoms with Crippen molar-refractivity contribution in [3.05, 3.63) is 41.1 Å². The van der Waals surface area contributed by atoms with Crippen LogP contribution in [0.4, 0.5) is 0 Å². The molecule has 4 nitrogen and oxygen atoms in total. The molecule has 1 N–H and O–H groups in total. The van der Waals surface area contributed by atoms with E-state index in [2.05, 4.69) is 20.7 Å². The molecule has 0 spiro atoms. The van der Waals surface area contributed by atoms with E-state index in [0.29, 0.717) is 5.56 Å². The summed E-state index contributed by atoms with van der Waals surface area (Å²) in [6.45, 7) is 3.53. The fraction of sp³-hybridized carbons (Fsp3) is 0.231. The summed E-state index contributed by atoms with van der Waals surface area (Å²) in [5, 5.41) is -0.0562. The number of halogens is 1. The fourth-order valence-corrected chi connectivity index (χ4v) is 3.52. The van der Waals surface area contributed by atoms with E-state index in [1.807, 2.05) is 24.3 Å². The molecule has 0 saturated carbocycles. The van der Waals surface area contributed by atoms with Crippen molar-refractivity contribution >= 4 is 26.0 Å². The van der Waals surface area contributed by atoms with E-state index in [1.165, 1.54) is 6.26 Å². The largest absolute Gasteiger partial charge is 0.451 e. The molecule has 0 aliphatic heterocycles. The number of nitrogens with one attached hydrogen (secondary N) is 1. The average molecular weight is 344 g/mol. The maximum Gasteiger partial charge on any atom is 0.274 e. The van der Waals surface area contributed by atoms with Gasteiger partial charge in [-0.1, -0.05) is 28.1 Å². The van der Waals surface area contributed by atoms with Gasteiger partial charge in [-0.05, 0) is 37.6 Å². The van der Waals surface area contributed by atoms with Gasteiger partial charge >= 0.3 is 0 Å². The average Bonchev–Trinajstić information content (AvgIpc) is 2.76. The van der Waals surface area contributed by atoms with E-state index >= 15 is 0 Å². The summed E-state index contributed by atoms with van der Waals surface area (Å²) in [6, 6.07) is 8.87. The van der Waals surface area contributed by atoms with Crippen molar-refractivity contribution in [1.82, 2.24) is 4.72 Å². The summed E-state index contributed by atoms with van der Waals surface area (Å²) < 4.78 is 32.9. The van der Waals surface area contributed by atoms with Gasteiger partial charge < -0.3 is 4.42 Å². The van der Waals surface area contributed by atoms with E-state index in [9.17, 15) is 8.42 Å². The second-order valence-electron chi connectivity index (χ2n) is 4.41. The van der Waals surface area contributed by atoms with Gasteiger partial charge in [-0.2, -0.15) is 0 Å². The van der Waals surface area contributed by atoms with Crippen LogP contribution in [-0.4, -0.2) is 14.5 Å². The lowest BCUT2D eigenvalue weighted by Crippen LogP contribution is -2.30. The Bertz CT molecular complexity index is 677. The standard InChI is InChI=1S/C13H14BrNO3S/c1-9(2)15-19(16,17)13-12(6-7-18-13)10-4-3-5-11(14)8-10/h3-9,15H,1-2H3. The van der Waals surface area contributed by atoms with Crippen LogP contribution in [0.25, 0.3) is 11.1 Å². The Labute approximate surface area is 121 Å². The van der Waals surface area contributed by atoms with Gasteiger partial charge in [0.2, 0.25) is 5.09 Å². The minimum Gasteiger partial charge on any atom is -0.451 e. The van der Waals surface area contributed by atoms with Crippen LogP contribution in [0.1, 0.15) is 13.8 Å². The summed E-state index contributed by atoms with van der Waals surface area (Å²) in [7, 11) is -3.64. The van der Waals surface area contributed by atoms with Crippen LogP contribution >= 0.6 is 15.9 Å². The van der Waals surface area contributed by atoms with Gasteiger partial charge in [-0.3, -0.25) is 0 Å². The van der Waals surface area contributed by atoms with Crippen LogP contribution in [0.5, 0.6) is 0 Å². The third-order valence-electron chi connectivity index (χ3n) is 2.40. The molecule has 0 aliphatic rings. The predicted molar refractivity (Wildman–Crippen MR) is 77.3 cm³/mol. The molecule has 1 aromatic carbocycles. The molecule has 1 aromatic heterocycles. The quantitative estimate of drug-likeness (QED) is 0.925. The van der Waals surface area contributed by atoms with Crippen LogP contribution in [0.15, 0.2) is 50.6 Å². The Kier molecular flexibility index (Phi) is 4.13. The molecule has 0 fully saturated rings. The predicted octanol–water partition coefficient (Wildman–Crippen LogP) is 3.40. The van der Waals surface area contributed by atoms with Crippen LogP contribution in [0, 0.1) is 0 Å². The number of furan rings is 1. The van der Waals surface area contributed by atoms with Crippen LogP contribution in [0.3, 0.4) is 0 Å². The number of hydrogen-bond acceptors (Lipinski definition) is 3. The molecular weight excluding hydrogens is 330 g/mol. The van der Waals surface area contributed by atoms with Crippen LogP contribution < -0.4 is 4.72 Å². The molecule has 102 valence electrons. The van der Waals surface area contributed by atoms with E-state index in [0.717, 1.165) is 10.0 Å². The molecule has 1 heterocycles. The van der Waals surface area contributed by atoms with Crippen molar-refractivity contribution in [2.45, 2.75) is 25.0 Å². The molecule has 2 aromatic rings. The summed E-state index contributed by atoms with van der Waals surface area (Å²) in [6.07, 6.45) is 1.38. The second-order valence-corrected chi connectivity index (χ2v) is 6.94. The molecule has 2 rings (SSSR count). The SMILES string of the molecule is CC(C)NS(=O)(=O)c1occc1-c1cccc(Br)c1. The van der Waals surface area contributed by atoms with Gasteiger partial charge in [0, 0.05) is 16.1 Å². The molecule has 6 heteroatoms. The van der Waals surface area contributed by atoms with Crippen molar-refractivity contribution in [3.63, 3.8) is 0 Å². The third-order valence-corrected chi connectivity index (χ3v) is 4.48. The molecule has 0 amide bonds. The van der Waals surface area contributed by atoms with Crippen molar-refractivity contribution in [1.29, 1.82) is 0 Å². The second kappa shape index (κ2) is 5.48. The Morgan fingerprint density at radius 3 is 2.63 bits per heavy atom. The highest BCUT2D eigenvalue weighted by Crippen LogP contribution is 2.30. The molecule has 19 heavy (non-hydrogen) atoms. The van der Waals surface area contributed by atoms with E-state index < -0.39 is 10.0 Å². The van der Waals surface area contributed by atoms with Crippen molar-refractivity contribution in [2.24, 2.45) is 0 Å². The minimum absolute atomic E-state index is 0.0562. The van der Waals surface area contributed by atoms with E-state index in [-0.39, 0.29) is 11.1 Å². The topological polar surface area (TPSA) is 59.3 Å². The van der Waals surface area contributed by atoms with Gasteiger partial charge in [0.1, 0.15) is 0 Å². The molecule has 0 aliphatic carbocycles. The Morgan fingerprint density at radius 2 is 2.00 bits per heavy atom. The number of sulfonamides is 1. The smallest absolute Gasteiger partial charge is 0.274 e. The minimum atomic E-state index is -3.64. The molecular formula is C13H14BrNO3S. The normalized spacial score (nSPS) is 12.0. The summed E-state index contributed by atoms with van der Waals surface area (Å²) in [5.74, 6) is 0. The molecule has 0 radical (unpaired) electrons. The maximum absolute atomic E-state index is 12.2.